The average molecular weight is 384 g/mol. The van der Waals surface area contributed by atoms with Crippen molar-refractivity contribution in [3.05, 3.63) is 40.4 Å². The summed E-state index contributed by atoms with van der Waals surface area (Å²) in [6, 6.07) is 5.71. The van der Waals surface area contributed by atoms with E-state index in [1.165, 1.54) is 0 Å². The second-order valence-electron chi connectivity index (χ2n) is 7.44. The van der Waals surface area contributed by atoms with Gasteiger partial charge in [0.15, 0.2) is 11.5 Å². The third-order valence-corrected chi connectivity index (χ3v) is 4.74. The number of benzene rings is 1. The molecule has 2 heterocycles. The molecule has 0 bridgehead atoms. The molecule has 0 unspecified atom stereocenters. The largest absolute Gasteiger partial charge is 0.496 e. The summed E-state index contributed by atoms with van der Waals surface area (Å²) in [7, 11) is 4.66. The number of methoxy groups -OCH3 is 3. The Morgan fingerprint density at radius 1 is 1.11 bits per heavy atom. The van der Waals surface area contributed by atoms with Gasteiger partial charge < -0.3 is 24.7 Å². The zero-order chi connectivity index (χ0) is 20.6. The van der Waals surface area contributed by atoms with Gasteiger partial charge in [-0.3, -0.25) is 5.10 Å². The molecule has 1 atom stereocenters. The molecule has 1 aromatic carbocycles. The molecule has 0 spiro atoms. The van der Waals surface area contributed by atoms with Crippen LogP contribution in [0.25, 0.3) is 0 Å². The number of H-pyrrole nitrogens is 1. The molecule has 2 aromatic rings. The summed E-state index contributed by atoms with van der Waals surface area (Å²) in [4.78, 5) is 0. The first-order valence-corrected chi connectivity index (χ1v) is 8.73. The van der Waals surface area contributed by atoms with Crippen LogP contribution in [0.4, 0.5) is 0 Å². The summed E-state index contributed by atoms with van der Waals surface area (Å²) in [6.45, 7) is 6.16. The lowest BCUT2D eigenvalue weighted by Gasteiger charge is -2.28. The number of nitrogens with two attached hydrogens (primary N) is 1. The second-order valence-corrected chi connectivity index (χ2v) is 7.44. The van der Waals surface area contributed by atoms with Crippen molar-refractivity contribution in [1.29, 1.82) is 5.26 Å². The Morgan fingerprint density at radius 2 is 1.71 bits per heavy atom. The Labute approximate surface area is 163 Å². The van der Waals surface area contributed by atoms with Crippen molar-refractivity contribution < 1.29 is 18.9 Å². The summed E-state index contributed by atoms with van der Waals surface area (Å²) in [5, 5.41) is 17.2. The summed E-state index contributed by atoms with van der Waals surface area (Å²) in [6.07, 6.45) is 0. The fraction of sp³-hybridized carbons (Fsp3) is 0.400. The molecule has 0 fully saturated rings. The van der Waals surface area contributed by atoms with E-state index in [-0.39, 0.29) is 16.9 Å². The molecule has 3 rings (SSSR count). The van der Waals surface area contributed by atoms with E-state index in [1.807, 2.05) is 0 Å². The standard InChI is InChI=1S/C20H24N4O4/c1-20(2,3)17-16-15(11(9-21)18(22)28-19(16)24-23-17)10-7-13(26-5)14(27-6)8-12(10)25-4/h7-8,15H,22H2,1-6H3,(H,23,24)/t15-/m0/s1. The third kappa shape index (κ3) is 2.99. The number of allylic oxidation sites excluding steroid dienone is 1. The summed E-state index contributed by atoms with van der Waals surface area (Å²) >= 11 is 0. The summed E-state index contributed by atoms with van der Waals surface area (Å²) in [5.74, 6) is 1.41. The molecular formula is C20H24N4O4. The number of nitrogens with zero attached hydrogens (tertiary/aromatic N) is 2. The number of aromatic nitrogens is 2. The minimum absolute atomic E-state index is 0.0174. The first kappa shape index (κ1) is 19.4. The topological polar surface area (TPSA) is 115 Å². The lowest BCUT2D eigenvalue weighted by molar-refractivity contribution is 0.346. The highest BCUT2D eigenvalue weighted by molar-refractivity contribution is 5.62. The van der Waals surface area contributed by atoms with Crippen molar-refractivity contribution in [2.45, 2.75) is 32.1 Å². The van der Waals surface area contributed by atoms with E-state index in [0.717, 1.165) is 11.3 Å². The van der Waals surface area contributed by atoms with Gasteiger partial charge in [0.1, 0.15) is 17.4 Å². The van der Waals surface area contributed by atoms with Crippen molar-refractivity contribution in [3.63, 3.8) is 0 Å². The van der Waals surface area contributed by atoms with Gasteiger partial charge in [-0.2, -0.15) is 5.26 Å². The van der Waals surface area contributed by atoms with E-state index < -0.39 is 5.92 Å². The van der Waals surface area contributed by atoms with Crippen LogP contribution in [0.3, 0.4) is 0 Å². The van der Waals surface area contributed by atoms with Gasteiger partial charge in [-0.25, -0.2) is 0 Å². The smallest absolute Gasteiger partial charge is 0.244 e. The lowest BCUT2D eigenvalue weighted by Crippen LogP contribution is -2.24. The number of aromatic amines is 1. The highest BCUT2D eigenvalue weighted by atomic mass is 16.5. The number of rotatable bonds is 4. The molecule has 0 radical (unpaired) electrons. The molecule has 0 amide bonds. The van der Waals surface area contributed by atoms with Gasteiger partial charge in [-0.15, -0.1) is 5.10 Å². The van der Waals surface area contributed by atoms with E-state index in [4.69, 9.17) is 24.7 Å². The first-order chi connectivity index (χ1) is 13.3. The SMILES string of the molecule is COc1cc(OC)c([C@H]2C(C#N)=C(N)Oc3n[nH]c(C(C)(C)C)c32)cc1OC. The molecule has 0 aliphatic carbocycles. The van der Waals surface area contributed by atoms with Crippen LogP contribution in [-0.2, 0) is 5.41 Å². The highest BCUT2D eigenvalue weighted by Crippen LogP contribution is 2.49. The van der Waals surface area contributed by atoms with Crippen LogP contribution in [0.5, 0.6) is 23.1 Å². The van der Waals surface area contributed by atoms with E-state index in [9.17, 15) is 5.26 Å². The molecule has 0 saturated carbocycles. The fourth-order valence-electron chi connectivity index (χ4n) is 3.41. The van der Waals surface area contributed by atoms with E-state index >= 15 is 0 Å². The van der Waals surface area contributed by atoms with Crippen LogP contribution in [0.2, 0.25) is 0 Å². The third-order valence-electron chi connectivity index (χ3n) is 4.74. The van der Waals surface area contributed by atoms with Gasteiger partial charge >= 0.3 is 0 Å². The Balaban J connectivity index is 2.35. The predicted octanol–water partition coefficient (Wildman–Crippen LogP) is 2.95. The molecule has 8 heteroatoms. The number of nitriles is 1. The summed E-state index contributed by atoms with van der Waals surface area (Å²) in [5.41, 5.74) is 8.38. The van der Waals surface area contributed by atoms with Gasteiger partial charge in [0.2, 0.25) is 11.8 Å². The molecular weight excluding hydrogens is 360 g/mol. The molecule has 8 nitrogen and oxygen atoms in total. The van der Waals surface area contributed by atoms with Crippen LogP contribution < -0.4 is 24.7 Å². The molecule has 148 valence electrons. The number of hydrogen-bond acceptors (Lipinski definition) is 7. The molecule has 3 N–H and O–H groups in total. The molecule has 28 heavy (non-hydrogen) atoms. The fourth-order valence-corrected chi connectivity index (χ4v) is 3.41. The summed E-state index contributed by atoms with van der Waals surface area (Å²) < 4.78 is 22.1. The van der Waals surface area contributed by atoms with Crippen LogP contribution >= 0.6 is 0 Å². The molecule has 1 aromatic heterocycles. The second kappa shape index (κ2) is 7.00. The van der Waals surface area contributed by atoms with Crippen LogP contribution in [0, 0.1) is 11.3 Å². The first-order valence-electron chi connectivity index (χ1n) is 8.73. The molecule has 1 aliphatic heterocycles. The number of ether oxygens (including phenoxy) is 4. The van der Waals surface area contributed by atoms with Crippen LogP contribution in [-0.4, -0.2) is 31.5 Å². The minimum atomic E-state index is -0.531. The maximum absolute atomic E-state index is 9.85. The number of hydrogen-bond donors (Lipinski definition) is 2. The van der Waals surface area contributed by atoms with Gasteiger partial charge in [-0.1, -0.05) is 20.8 Å². The molecule has 1 aliphatic rings. The van der Waals surface area contributed by atoms with Crippen LogP contribution in [0.1, 0.15) is 43.5 Å². The van der Waals surface area contributed by atoms with E-state index in [0.29, 0.717) is 28.7 Å². The van der Waals surface area contributed by atoms with Gasteiger partial charge in [-0.05, 0) is 6.07 Å². The van der Waals surface area contributed by atoms with Crippen molar-refractivity contribution in [2.24, 2.45) is 5.73 Å². The maximum Gasteiger partial charge on any atom is 0.244 e. The number of nitrogens with one attached hydrogen (secondary N) is 1. The average Bonchev–Trinajstić information content (AvgIpc) is 3.09. The highest BCUT2D eigenvalue weighted by Gasteiger charge is 2.39. The zero-order valence-corrected chi connectivity index (χ0v) is 16.8. The maximum atomic E-state index is 9.85. The van der Waals surface area contributed by atoms with Crippen molar-refractivity contribution in [1.82, 2.24) is 10.2 Å². The normalized spacial score (nSPS) is 16.1. The van der Waals surface area contributed by atoms with E-state index in [1.54, 1.807) is 33.5 Å². The zero-order valence-electron chi connectivity index (χ0n) is 16.8. The Bertz CT molecular complexity index is 979. The Kier molecular flexibility index (Phi) is 4.86. The number of fused-ring (bicyclic) bond motifs is 1. The van der Waals surface area contributed by atoms with Gasteiger partial charge in [0, 0.05) is 22.7 Å². The van der Waals surface area contributed by atoms with Crippen molar-refractivity contribution >= 4 is 0 Å². The predicted molar refractivity (Wildman–Crippen MR) is 103 cm³/mol. The quantitative estimate of drug-likeness (QED) is 0.832. The van der Waals surface area contributed by atoms with E-state index in [2.05, 4.69) is 37.0 Å². The lowest BCUT2D eigenvalue weighted by atomic mass is 9.78. The Morgan fingerprint density at radius 3 is 2.25 bits per heavy atom. The van der Waals surface area contributed by atoms with Gasteiger partial charge in [0.25, 0.3) is 0 Å². The van der Waals surface area contributed by atoms with Crippen molar-refractivity contribution in [2.75, 3.05) is 21.3 Å². The Hall–Kier alpha value is -3.34. The van der Waals surface area contributed by atoms with Crippen LogP contribution in [0.15, 0.2) is 23.6 Å². The molecule has 0 saturated heterocycles. The van der Waals surface area contributed by atoms with Gasteiger partial charge in [0.05, 0.1) is 32.8 Å². The van der Waals surface area contributed by atoms with Crippen molar-refractivity contribution in [3.8, 4) is 29.2 Å². The monoisotopic (exact) mass is 384 g/mol. The minimum Gasteiger partial charge on any atom is -0.496 e.